The van der Waals surface area contributed by atoms with Gasteiger partial charge >= 0.3 is 0 Å². The number of carbonyl (C=O) groups excluding carboxylic acids is 2. The topological polar surface area (TPSA) is 63.4 Å². The van der Waals surface area contributed by atoms with Gasteiger partial charge < -0.3 is 10.6 Å². The van der Waals surface area contributed by atoms with Crippen LogP contribution in [-0.4, -0.2) is 29.8 Å². The van der Waals surface area contributed by atoms with Crippen LogP contribution in [0.1, 0.15) is 73.1 Å². The molecule has 0 spiro atoms. The van der Waals surface area contributed by atoms with Crippen LogP contribution in [0.25, 0.3) is 0 Å². The van der Waals surface area contributed by atoms with Gasteiger partial charge in [-0.2, -0.15) is 0 Å². The van der Waals surface area contributed by atoms with Gasteiger partial charge in [-0.15, -0.1) is 0 Å². The third-order valence-electron chi connectivity index (χ3n) is 3.74. The Kier molecular flexibility index (Phi) is 8.26. The van der Waals surface area contributed by atoms with E-state index in [1.165, 1.54) is 0 Å². The molecule has 22 heavy (non-hydrogen) atoms. The van der Waals surface area contributed by atoms with Crippen molar-refractivity contribution < 1.29 is 9.59 Å². The van der Waals surface area contributed by atoms with Crippen LogP contribution in [0.15, 0.2) is 24.3 Å². The highest BCUT2D eigenvalue weighted by Crippen LogP contribution is 2.11. The van der Waals surface area contributed by atoms with Crippen LogP contribution < -0.4 is 5.73 Å². The van der Waals surface area contributed by atoms with E-state index < -0.39 is 5.91 Å². The first-order valence-corrected chi connectivity index (χ1v) is 8.29. The molecule has 0 aliphatic rings. The number of nitrogens with zero attached hydrogens (tertiary/aromatic N) is 1. The Balaban J connectivity index is 2.79. The van der Waals surface area contributed by atoms with Gasteiger partial charge in [0, 0.05) is 24.2 Å². The first-order chi connectivity index (χ1) is 10.6. The highest BCUT2D eigenvalue weighted by atomic mass is 16.2. The molecule has 1 rings (SSSR count). The van der Waals surface area contributed by atoms with Crippen molar-refractivity contribution in [1.29, 1.82) is 0 Å². The summed E-state index contributed by atoms with van der Waals surface area (Å²) in [5, 5.41) is 0. The molecule has 0 aliphatic carbocycles. The molecule has 2 amide bonds. The normalized spacial score (nSPS) is 10.5. The maximum absolute atomic E-state index is 12.7. The second kappa shape index (κ2) is 9.98. The third-order valence-corrected chi connectivity index (χ3v) is 3.74. The largest absolute Gasteiger partial charge is 0.366 e. The van der Waals surface area contributed by atoms with E-state index in [-0.39, 0.29) is 5.91 Å². The Hall–Kier alpha value is -1.84. The molecule has 0 atom stereocenters. The fraction of sp³-hybridized carbons (Fsp3) is 0.556. The van der Waals surface area contributed by atoms with Crippen LogP contribution in [0, 0.1) is 0 Å². The summed E-state index contributed by atoms with van der Waals surface area (Å²) < 4.78 is 0. The van der Waals surface area contributed by atoms with Crippen molar-refractivity contribution in [1.82, 2.24) is 4.90 Å². The first-order valence-electron chi connectivity index (χ1n) is 8.29. The molecule has 4 nitrogen and oxygen atoms in total. The van der Waals surface area contributed by atoms with Gasteiger partial charge in [-0.3, -0.25) is 9.59 Å². The van der Waals surface area contributed by atoms with Crippen LogP contribution >= 0.6 is 0 Å². The monoisotopic (exact) mass is 304 g/mol. The Labute approximate surface area is 133 Å². The highest BCUT2D eigenvalue weighted by molar-refractivity contribution is 5.99. The number of hydrogen-bond acceptors (Lipinski definition) is 2. The minimum atomic E-state index is -0.502. The van der Waals surface area contributed by atoms with E-state index in [0.717, 1.165) is 51.6 Å². The number of amides is 2. The summed E-state index contributed by atoms with van der Waals surface area (Å²) in [5.74, 6) is -0.506. The fourth-order valence-corrected chi connectivity index (χ4v) is 2.41. The quantitative estimate of drug-likeness (QED) is 0.671. The van der Waals surface area contributed by atoms with E-state index in [1.807, 2.05) is 4.90 Å². The Morgan fingerprint density at radius 3 is 2.00 bits per heavy atom. The Bertz CT molecular complexity index is 476. The molecule has 0 heterocycles. The van der Waals surface area contributed by atoms with Crippen molar-refractivity contribution in [3.8, 4) is 0 Å². The molecule has 0 saturated heterocycles. The smallest absolute Gasteiger partial charge is 0.253 e. The van der Waals surface area contributed by atoms with Gasteiger partial charge in [-0.05, 0) is 31.0 Å². The number of nitrogens with two attached hydrogens (primary N) is 1. The second-order valence-corrected chi connectivity index (χ2v) is 5.65. The zero-order chi connectivity index (χ0) is 16.4. The van der Waals surface area contributed by atoms with Crippen LogP contribution in [0.4, 0.5) is 0 Å². The van der Waals surface area contributed by atoms with Crippen molar-refractivity contribution in [3.05, 3.63) is 35.4 Å². The average molecular weight is 304 g/mol. The molecule has 0 aromatic heterocycles. The lowest BCUT2D eigenvalue weighted by molar-refractivity contribution is 0.0749. The van der Waals surface area contributed by atoms with Crippen LogP contribution in [0.5, 0.6) is 0 Å². The molecule has 122 valence electrons. The van der Waals surface area contributed by atoms with Gasteiger partial charge in [0.05, 0.1) is 0 Å². The summed E-state index contributed by atoms with van der Waals surface area (Å²) in [7, 11) is 0. The van der Waals surface area contributed by atoms with Crippen LogP contribution in [0.2, 0.25) is 0 Å². The average Bonchev–Trinajstić information content (AvgIpc) is 2.53. The van der Waals surface area contributed by atoms with Gasteiger partial charge in [0.15, 0.2) is 0 Å². The molecular formula is C18H28N2O2. The molecule has 1 aromatic carbocycles. The first kappa shape index (κ1) is 18.2. The van der Waals surface area contributed by atoms with Crippen molar-refractivity contribution >= 4 is 11.8 Å². The summed E-state index contributed by atoms with van der Waals surface area (Å²) in [6, 6.07) is 6.69. The van der Waals surface area contributed by atoms with Crippen LogP contribution in [-0.2, 0) is 0 Å². The second-order valence-electron chi connectivity index (χ2n) is 5.65. The SMILES string of the molecule is CCCCCN(CCCCC)C(=O)c1cccc(C(N)=O)c1. The molecule has 0 unspecified atom stereocenters. The Morgan fingerprint density at radius 1 is 0.955 bits per heavy atom. The maximum atomic E-state index is 12.7. The summed E-state index contributed by atoms with van der Waals surface area (Å²) in [6.45, 7) is 5.85. The van der Waals surface area contributed by atoms with Crippen molar-refractivity contribution in [2.75, 3.05) is 13.1 Å². The van der Waals surface area contributed by atoms with Crippen LogP contribution in [0.3, 0.4) is 0 Å². The summed E-state index contributed by atoms with van der Waals surface area (Å²) in [6.07, 6.45) is 6.55. The number of hydrogen-bond donors (Lipinski definition) is 1. The molecule has 0 aliphatic heterocycles. The van der Waals surface area contributed by atoms with Gasteiger partial charge in [-0.25, -0.2) is 0 Å². The van der Waals surface area contributed by atoms with E-state index in [4.69, 9.17) is 5.73 Å². The van der Waals surface area contributed by atoms with E-state index >= 15 is 0 Å². The number of carbonyl (C=O) groups is 2. The predicted molar refractivity (Wildman–Crippen MR) is 89.9 cm³/mol. The zero-order valence-corrected chi connectivity index (χ0v) is 13.8. The van der Waals surface area contributed by atoms with Crippen molar-refractivity contribution in [3.63, 3.8) is 0 Å². The minimum Gasteiger partial charge on any atom is -0.366 e. The van der Waals surface area contributed by atoms with Gasteiger partial charge in [0.2, 0.25) is 5.91 Å². The predicted octanol–water partition coefficient (Wildman–Crippen LogP) is 3.61. The molecular weight excluding hydrogens is 276 g/mol. The number of rotatable bonds is 10. The van der Waals surface area contributed by atoms with E-state index in [1.54, 1.807) is 24.3 Å². The lowest BCUT2D eigenvalue weighted by atomic mass is 10.1. The molecule has 0 radical (unpaired) electrons. The molecule has 2 N–H and O–H groups in total. The van der Waals surface area contributed by atoms with E-state index in [0.29, 0.717) is 11.1 Å². The maximum Gasteiger partial charge on any atom is 0.253 e. The highest BCUT2D eigenvalue weighted by Gasteiger charge is 2.16. The molecule has 4 heteroatoms. The third kappa shape index (κ3) is 5.88. The fourth-order valence-electron chi connectivity index (χ4n) is 2.41. The van der Waals surface area contributed by atoms with Gasteiger partial charge in [0.1, 0.15) is 0 Å². The molecule has 0 fully saturated rings. The lowest BCUT2D eigenvalue weighted by Gasteiger charge is -2.23. The number of unbranched alkanes of at least 4 members (excludes halogenated alkanes) is 4. The molecule has 0 saturated carbocycles. The standard InChI is InChI=1S/C18H28N2O2/c1-3-5-7-12-20(13-8-6-4-2)18(22)16-11-9-10-15(14-16)17(19)21/h9-11,14H,3-8,12-13H2,1-2H3,(H2,19,21). The van der Waals surface area contributed by atoms with Crippen molar-refractivity contribution in [2.45, 2.75) is 52.4 Å². The number of benzene rings is 1. The molecule has 1 aromatic rings. The van der Waals surface area contributed by atoms with E-state index in [2.05, 4.69) is 13.8 Å². The van der Waals surface area contributed by atoms with Gasteiger partial charge in [-0.1, -0.05) is 45.6 Å². The summed E-state index contributed by atoms with van der Waals surface area (Å²) >= 11 is 0. The minimum absolute atomic E-state index is 0.00435. The van der Waals surface area contributed by atoms with E-state index in [9.17, 15) is 9.59 Å². The Morgan fingerprint density at radius 2 is 1.50 bits per heavy atom. The van der Waals surface area contributed by atoms with Gasteiger partial charge in [0.25, 0.3) is 5.91 Å². The summed E-state index contributed by atoms with van der Waals surface area (Å²) in [4.78, 5) is 25.9. The molecule has 0 bridgehead atoms. The number of primary amides is 1. The summed E-state index contributed by atoms with van der Waals surface area (Å²) in [5.41, 5.74) is 6.22. The van der Waals surface area contributed by atoms with Crippen molar-refractivity contribution in [2.24, 2.45) is 5.73 Å². The zero-order valence-electron chi connectivity index (χ0n) is 13.8. The lowest BCUT2D eigenvalue weighted by Crippen LogP contribution is -2.33.